The summed E-state index contributed by atoms with van der Waals surface area (Å²) < 4.78 is 11.1. The van der Waals surface area contributed by atoms with Crippen molar-refractivity contribution in [2.24, 2.45) is 34.5 Å². The highest BCUT2D eigenvalue weighted by Crippen LogP contribution is 2.31. The molecule has 2 atom stereocenters. The van der Waals surface area contributed by atoms with E-state index in [9.17, 15) is 9.59 Å². The minimum Gasteiger partial charge on any atom is -0.465 e. The lowest BCUT2D eigenvalue weighted by Gasteiger charge is -2.26. The second kappa shape index (κ2) is 18.3. The van der Waals surface area contributed by atoms with Gasteiger partial charge in [-0.15, -0.1) is 0 Å². The Hall–Kier alpha value is -1.06. The molecule has 4 heteroatoms. The normalized spacial score (nSPS) is 20.1. The van der Waals surface area contributed by atoms with Gasteiger partial charge in [-0.25, -0.2) is 0 Å². The van der Waals surface area contributed by atoms with E-state index in [-0.39, 0.29) is 23.8 Å². The zero-order valence-electron chi connectivity index (χ0n) is 26.7. The largest absolute Gasteiger partial charge is 0.465 e. The molecular weight excluding hydrogens is 472 g/mol. The maximum atomic E-state index is 12.5. The van der Waals surface area contributed by atoms with E-state index in [1.165, 1.54) is 51.4 Å². The molecule has 1 fully saturated rings. The number of hydrogen-bond acceptors (Lipinski definition) is 4. The molecule has 0 radical (unpaired) electrons. The summed E-state index contributed by atoms with van der Waals surface area (Å²) in [6, 6.07) is 0. The molecule has 0 amide bonds. The van der Waals surface area contributed by atoms with Crippen molar-refractivity contribution in [2.45, 2.75) is 158 Å². The molecule has 1 rings (SSSR count). The molecule has 0 N–H and O–H groups in total. The number of carbonyl (C=O) groups is 2. The Balaban J connectivity index is 2.03. The van der Waals surface area contributed by atoms with Crippen LogP contribution in [0.3, 0.4) is 0 Å². The number of ether oxygens (including phenoxy) is 2. The summed E-state index contributed by atoms with van der Waals surface area (Å²) in [4.78, 5) is 24.9. The Bertz CT molecular complexity index is 578. The zero-order chi connectivity index (χ0) is 28.6. The lowest BCUT2D eigenvalue weighted by atomic mass is 9.82. The molecule has 1 saturated carbocycles. The minimum atomic E-state index is -0.0626. The molecule has 38 heavy (non-hydrogen) atoms. The Labute approximate surface area is 236 Å². The van der Waals surface area contributed by atoms with Crippen molar-refractivity contribution in [3.8, 4) is 0 Å². The molecule has 4 nitrogen and oxygen atoms in total. The fourth-order valence-electron chi connectivity index (χ4n) is 6.34. The van der Waals surface area contributed by atoms with Gasteiger partial charge in [-0.2, -0.15) is 0 Å². The first-order chi connectivity index (χ1) is 17.8. The maximum absolute atomic E-state index is 12.5. The van der Waals surface area contributed by atoms with Gasteiger partial charge in [0.15, 0.2) is 0 Å². The highest BCUT2D eigenvalue weighted by molar-refractivity contribution is 5.75. The Morgan fingerprint density at radius 3 is 1.21 bits per heavy atom. The van der Waals surface area contributed by atoms with Gasteiger partial charge in [-0.05, 0) is 74.0 Å². The van der Waals surface area contributed by atoms with Gasteiger partial charge >= 0.3 is 11.9 Å². The smallest absolute Gasteiger partial charge is 0.308 e. The molecule has 0 aromatic rings. The molecule has 0 aliphatic heterocycles. The van der Waals surface area contributed by atoms with Crippen LogP contribution < -0.4 is 0 Å². The van der Waals surface area contributed by atoms with Crippen molar-refractivity contribution in [2.75, 3.05) is 13.2 Å². The number of carbonyl (C=O) groups excluding carboxylic acids is 2. The summed E-state index contributed by atoms with van der Waals surface area (Å²) in [6.07, 6.45) is 17.3. The lowest BCUT2D eigenvalue weighted by molar-refractivity contribution is -0.155. The average molecular weight is 537 g/mol. The van der Waals surface area contributed by atoms with Crippen molar-refractivity contribution in [3.63, 3.8) is 0 Å². The van der Waals surface area contributed by atoms with Crippen LogP contribution in [0, 0.1) is 34.5 Å². The van der Waals surface area contributed by atoms with E-state index in [1.54, 1.807) is 0 Å². The first-order valence-electron chi connectivity index (χ1n) is 16.1. The third-order valence-electron chi connectivity index (χ3n) is 7.99. The number of hydrogen-bond donors (Lipinski definition) is 0. The monoisotopic (exact) mass is 536 g/mol. The van der Waals surface area contributed by atoms with Crippen LogP contribution in [0.15, 0.2) is 0 Å². The van der Waals surface area contributed by atoms with Gasteiger partial charge in [0, 0.05) is 0 Å². The first-order valence-corrected chi connectivity index (χ1v) is 16.1. The third kappa shape index (κ3) is 18.3. The quantitative estimate of drug-likeness (QED) is 0.129. The molecule has 224 valence electrons. The van der Waals surface area contributed by atoms with Crippen LogP contribution in [-0.2, 0) is 19.1 Å². The fraction of sp³-hybridized carbons (Fsp3) is 0.941. The van der Waals surface area contributed by atoms with Crippen LogP contribution in [0.1, 0.15) is 158 Å². The minimum absolute atomic E-state index is 0.0435. The first kappa shape index (κ1) is 35.0. The summed E-state index contributed by atoms with van der Waals surface area (Å²) in [5.74, 6) is 1.35. The van der Waals surface area contributed by atoms with E-state index in [1.807, 2.05) is 0 Å². The summed E-state index contributed by atoms with van der Waals surface area (Å²) >= 11 is 0. The predicted octanol–water partition coefficient (Wildman–Crippen LogP) is 9.92. The zero-order valence-corrected chi connectivity index (χ0v) is 26.7. The molecule has 0 heterocycles. The number of unbranched alkanes of at least 4 members (excludes halogenated alkanes) is 6. The SMILES string of the molecule is CC(CCCCCCOC(=O)C1CCC(C(=O)OCCCCCCC(C)CC(C)(C)C)CC1)CC(C)(C)C. The van der Waals surface area contributed by atoms with Crippen molar-refractivity contribution in [1.82, 2.24) is 0 Å². The van der Waals surface area contributed by atoms with Crippen LogP contribution in [0.4, 0.5) is 0 Å². The second-order valence-electron chi connectivity index (χ2n) is 15.0. The van der Waals surface area contributed by atoms with E-state index in [4.69, 9.17) is 9.47 Å². The third-order valence-corrected chi connectivity index (χ3v) is 7.99. The molecule has 0 saturated heterocycles. The number of esters is 2. The molecule has 1 aliphatic rings. The molecule has 2 unspecified atom stereocenters. The molecular formula is C34H64O4. The summed E-state index contributed by atoms with van der Waals surface area (Å²) in [5, 5.41) is 0. The number of rotatable bonds is 18. The molecule has 0 spiro atoms. The Kier molecular flexibility index (Phi) is 16.9. The summed E-state index contributed by atoms with van der Waals surface area (Å²) in [6.45, 7) is 19.7. The van der Waals surface area contributed by atoms with E-state index in [0.717, 1.165) is 63.2 Å². The van der Waals surface area contributed by atoms with E-state index >= 15 is 0 Å². The average Bonchev–Trinajstić information content (AvgIpc) is 2.80. The lowest BCUT2D eigenvalue weighted by Crippen LogP contribution is -2.28. The molecule has 1 aliphatic carbocycles. The van der Waals surface area contributed by atoms with E-state index in [0.29, 0.717) is 24.0 Å². The van der Waals surface area contributed by atoms with Gasteiger partial charge in [0.25, 0.3) is 0 Å². The summed E-state index contributed by atoms with van der Waals surface area (Å²) in [7, 11) is 0. The van der Waals surface area contributed by atoms with Gasteiger partial charge in [-0.1, -0.05) is 107 Å². The van der Waals surface area contributed by atoms with Crippen molar-refractivity contribution in [3.05, 3.63) is 0 Å². The molecule has 0 aromatic heterocycles. The topological polar surface area (TPSA) is 52.6 Å². The van der Waals surface area contributed by atoms with Gasteiger partial charge < -0.3 is 9.47 Å². The van der Waals surface area contributed by atoms with E-state index < -0.39 is 0 Å². The van der Waals surface area contributed by atoms with Crippen LogP contribution in [0.25, 0.3) is 0 Å². The Morgan fingerprint density at radius 2 is 0.895 bits per heavy atom. The maximum Gasteiger partial charge on any atom is 0.308 e. The Morgan fingerprint density at radius 1 is 0.579 bits per heavy atom. The standard InChI is InChI=1S/C34H64O4/c1-27(25-33(3,4)5)17-13-9-11-15-23-37-31(35)29-19-21-30(22-20-29)32(36)38-24-16-12-10-14-18-28(2)26-34(6,7)8/h27-30H,9-26H2,1-8H3. The van der Waals surface area contributed by atoms with Gasteiger partial charge in [0.2, 0.25) is 0 Å². The van der Waals surface area contributed by atoms with Gasteiger partial charge in [0.1, 0.15) is 0 Å². The molecule has 0 bridgehead atoms. The van der Waals surface area contributed by atoms with Crippen molar-refractivity contribution in [1.29, 1.82) is 0 Å². The van der Waals surface area contributed by atoms with Crippen LogP contribution in [0.5, 0.6) is 0 Å². The van der Waals surface area contributed by atoms with Gasteiger partial charge in [-0.3, -0.25) is 9.59 Å². The highest BCUT2D eigenvalue weighted by atomic mass is 16.5. The van der Waals surface area contributed by atoms with Crippen LogP contribution in [-0.4, -0.2) is 25.2 Å². The van der Waals surface area contributed by atoms with E-state index in [2.05, 4.69) is 55.4 Å². The highest BCUT2D eigenvalue weighted by Gasteiger charge is 2.31. The van der Waals surface area contributed by atoms with Crippen molar-refractivity contribution < 1.29 is 19.1 Å². The van der Waals surface area contributed by atoms with Crippen LogP contribution >= 0.6 is 0 Å². The molecule has 0 aromatic carbocycles. The fourth-order valence-corrected chi connectivity index (χ4v) is 6.34. The van der Waals surface area contributed by atoms with Gasteiger partial charge in [0.05, 0.1) is 25.0 Å². The van der Waals surface area contributed by atoms with Crippen molar-refractivity contribution >= 4 is 11.9 Å². The van der Waals surface area contributed by atoms with Crippen LogP contribution in [0.2, 0.25) is 0 Å². The predicted molar refractivity (Wildman–Crippen MR) is 160 cm³/mol. The summed E-state index contributed by atoms with van der Waals surface area (Å²) in [5.41, 5.74) is 0.828. The second-order valence-corrected chi connectivity index (χ2v) is 15.0.